The van der Waals surface area contributed by atoms with Crippen molar-refractivity contribution >= 4 is 0 Å². The molecule has 0 aromatic heterocycles. The number of ether oxygens (including phenoxy) is 1. The van der Waals surface area contributed by atoms with E-state index in [1.165, 1.54) is 22.3 Å². The third-order valence-corrected chi connectivity index (χ3v) is 4.56. The molecule has 0 amide bonds. The molecule has 1 N–H and O–H groups in total. The van der Waals surface area contributed by atoms with E-state index in [2.05, 4.69) is 40.7 Å². The summed E-state index contributed by atoms with van der Waals surface area (Å²) in [6.45, 7) is 11.3. The Hall–Kier alpha value is -0.860. The van der Waals surface area contributed by atoms with E-state index in [0.29, 0.717) is 0 Å². The first-order chi connectivity index (χ1) is 8.43. The maximum absolute atomic E-state index is 10.7. The molecule has 2 nitrogen and oxygen atoms in total. The molecule has 18 heavy (non-hydrogen) atoms. The maximum atomic E-state index is 10.7. The molecule has 3 atom stereocenters. The lowest BCUT2D eigenvalue weighted by molar-refractivity contribution is 0.0425. The van der Waals surface area contributed by atoms with Gasteiger partial charge in [-0.2, -0.15) is 0 Å². The first-order valence-electron chi connectivity index (χ1n) is 6.80. The number of aryl methyl sites for hydroxylation is 2. The van der Waals surface area contributed by atoms with Crippen molar-refractivity contribution in [2.24, 2.45) is 5.92 Å². The summed E-state index contributed by atoms with van der Waals surface area (Å²) in [6.07, 6.45) is 0.703. The average molecular weight is 248 g/mol. The highest BCUT2D eigenvalue weighted by molar-refractivity contribution is 5.45. The van der Waals surface area contributed by atoms with Crippen LogP contribution in [0, 0.1) is 33.6 Å². The number of benzene rings is 1. The summed E-state index contributed by atoms with van der Waals surface area (Å²) in [6, 6.07) is 2.20. The molecule has 0 bridgehead atoms. The van der Waals surface area contributed by atoms with Gasteiger partial charge in [-0.05, 0) is 68.9 Å². The standard InChI is InChI=1S/C16H24O2/c1-9-8-10(2)12(4)15(11(9)3)16(17)14-6-7-18-13(14)5/h8,13-14,16-17H,6-7H2,1-5H3. The van der Waals surface area contributed by atoms with Gasteiger partial charge in [0.25, 0.3) is 0 Å². The van der Waals surface area contributed by atoms with Crippen LogP contribution in [0.2, 0.25) is 0 Å². The number of hydrogen-bond donors (Lipinski definition) is 1. The van der Waals surface area contributed by atoms with E-state index < -0.39 is 6.10 Å². The highest BCUT2D eigenvalue weighted by atomic mass is 16.5. The first-order valence-corrected chi connectivity index (χ1v) is 6.80. The van der Waals surface area contributed by atoms with Crippen LogP contribution in [0.15, 0.2) is 6.07 Å². The van der Waals surface area contributed by atoms with Crippen LogP contribution in [-0.2, 0) is 4.74 Å². The zero-order valence-electron chi connectivity index (χ0n) is 12.1. The van der Waals surface area contributed by atoms with Crippen LogP contribution in [0.4, 0.5) is 0 Å². The minimum absolute atomic E-state index is 0.152. The highest BCUT2D eigenvalue weighted by Gasteiger charge is 2.33. The molecule has 1 fully saturated rings. The summed E-state index contributed by atoms with van der Waals surface area (Å²) in [7, 11) is 0. The summed E-state index contributed by atoms with van der Waals surface area (Å²) in [5.74, 6) is 0.226. The van der Waals surface area contributed by atoms with Gasteiger partial charge in [0.15, 0.2) is 0 Å². The van der Waals surface area contributed by atoms with Crippen molar-refractivity contribution in [1.29, 1.82) is 0 Å². The summed E-state index contributed by atoms with van der Waals surface area (Å²) in [4.78, 5) is 0. The Morgan fingerprint density at radius 3 is 2.17 bits per heavy atom. The van der Waals surface area contributed by atoms with Gasteiger partial charge in [0.1, 0.15) is 0 Å². The fourth-order valence-electron chi connectivity index (χ4n) is 3.07. The summed E-state index contributed by atoms with van der Waals surface area (Å²) in [5.41, 5.74) is 6.10. The van der Waals surface area contributed by atoms with E-state index in [4.69, 9.17) is 4.74 Å². The molecule has 0 radical (unpaired) electrons. The largest absolute Gasteiger partial charge is 0.388 e. The average Bonchev–Trinajstić information content (AvgIpc) is 2.73. The Labute approximate surface area is 110 Å². The molecule has 1 aromatic carbocycles. The van der Waals surface area contributed by atoms with Gasteiger partial charge in [0, 0.05) is 12.5 Å². The second kappa shape index (κ2) is 5.02. The smallest absolute Gasteiger partial charge is 0.0849 e. The van der Waals surface area contributed by atoms with E-state index in [1.54, 1.807) is 0 Å². The second-order valence-corrected chi connectivity index (χ2v) is 5.65. The molecule has 1 aromatic rings. The molecule has 100 valence electrons. The molecule has 1 aliphatic rings. The van der Waals surface area contributed by atoms with Crippen molar-refractivity contribution in [2.75, 3.05) is 6.61 Å². The predicted molar refractivity (Wildman–Crippen MR) is 73.9 cm³/mol. The fourth-order valence-corrected chi connectivity index (χ4v) is 3.07. The second-order valence-electron chi connectivity index (χ2n) is 5.65. The molecule has 1 aliphatic heterocycles. The van der Waals surface area contributed by atoms with Crippen molar-refractivity contribution in [2.45, 2.75) is 53.2 Å². The van der Waals surface area contributed by atoms with Crippen LogP contribution < -0.4 is 0 Å². The number of hydrogen-bond acceptors (Lipinski definition) is 2. The van der Waals surface area contributed by atoms with Crippen LogP contribution in [-0.4, -0.2) is 17.8 Å². The number of aliphatic hydroxyl groups is 1. The molecule has 2 heteroatoms. The minimum Gasteiger partial charge on any atom is -0.388 e. The summed E-state index contributed by atoms with van der Waals surface area (Å²) >= 11 is 0. The van der Waals surface area contributed by atoms with Crippen LogP contribution >= 0.6 is 0 Å². The number of rotatable bonds is 2. The van der Waals surface area contributed by atoms with Gasteiger partial charge in [-0.3, -0.25) is 0 Å². The van der Waals surface area contributed by atoms with Crippen LogP contribution in [0.3, 0.4) is 0 Å². The molecule has 0 aliphatic carbocycles. The lowest BCUT2D eigenvalue weighted by atomic mass is 9.83. The van der Waals surface area contributed by atoms with Gasteiger partial charge >= 0.3 is 0 Å². The topological polar surface area (TPSA) is 29.5 Å². The SMILES string of the molecule is Cc1cc(C)c(C)c(C(O)C2CCOC2C)c1C. The van der Waals surface area contributed by atoms with Crippen molar-refractivity contribution in [1.82, 2.24) is 0 Å². The lowest BCUT2D eigenvalue weighted by Crippen LogP contribution is -2.21. The van der Waals surface area contributed by atoms with Gasteiger partial charge in [-0.25, -0.2) is 0 Å². The number of aliphatic hydroxyl groups excluding tert-OH is 1. The zero-order valence-corrected chi connectivity index (χ0v) is 12.1. The quantitative estimate of drug-likeness (QED) is 0.869. The maximum Gasteiger partial charge on any atom is 0.0849 e. The van der Waals surface area contributed by atoms with E-state index in [-0.39, 0.29) is 12.0 Å². The van der Waals surface area contributed by atoms with Crippen molar-refractivity contribution in [3.05, 3.63) is 33.9 Å². The Bertz CT molecular complexity index is 425. The molecule has 1 saturated heterocycles. The van der Waals surface area contributed by atoms with Crippen LogP contribution in [0.25, 0.3) is 0 Å². The third kappa shape index (κ3) is 2.19. The van der Waals surface area contributed by atoms with Crippen LogP contribution in [0.1, 0.15) is 47.3 Å². The molecule has 0 spiro atoms. The van der Waals surface area contributed by atoms with Crippen LogP contribution in [0.5, 0.6) is 0 Å². The Kier molecular flexibility index (Phi) is 3.79. The molecule has 2 rings (SSSR count). The minimum atomic E-state index is -0.402. The first kappa shape index (κ1) is 13.6. The summed E-state index contributed by atoms with van der Waals surface area (Å²) in [5, 5.41) is 10.7. The van der Waals surface area contributed by atoms with Crippen molar-refractivity contribution in [3.8, 4) is 0 Å². The predicted octanol–water partition coefficient (Wildman–Crippen LogP) is 3.38. The van der Waals surface area contributed by atoms with E-state index in [1.807, 2.05) is 0 Å². The Morgan fingerprint density at radius 2 is 1.72 bits per heavy atom. The molecule has 3 unspecified atom stereocenters. The van der Waals surface area contributed by atoms with Gasteiger partial charge < -0.3 is 9.84 Å². The molecule has 1 heterocycles. The van der Waals surface area contributed by atoms with Gasteiger partial charge in [0.2, 0.25) is 0 Å². The highest BCUT2D eigenvalue weighted by Crippen LogP contribution is 2.37. The molecular weight excluding hydrogens is 224 g/mol. The third-order valence-electron chi connectivity index (χ3n) is 4.56. The van der Waals surface area contributed by atoms with Gasteiger partial charge in [-0.15, -0.1) is 0 Å². The normalized spacial score (nSPS) is 25.4. The van der Waals surface area contributed by atoms with Gasteiger partial charge in [0.05, 0.1) is 12.2 Å². The van der Waals surface area contributed by atoms with Crippen molar-refractivity contribution < 1.29 is 9.84 Å². The van der Waals surface area contributed by atoms with E-state index in [9.17, 15) is 5.11 Å². The van der Waals surface area contributed by atoms with E-state index >= 15 is 0 Å². The van der Waals surface area contributed by atoms with E-state index in [0.717, 1.165) is 18.6 Å². The Morgan fingerprint density at radius 1 is 1.17 bits per heavy atom. The summed E-state index contributed by atoms with van der Waals surface area (Å²) < 4.78 is 5.59. The Balaban J connectivity index is 2.44. The zero-order chi connectivity index (χ0) is 13.4. The van der Waals surface area contributed by atoms with Crippen molar-refractivity contribution in [3.63, 3.8) is 0 Å². The lowest BCUT2D eigenvalue weighted by Gasteiger charge is -2.26. The molecular formula is C16H24O2. The molecule has 0 saturated carbocycles. The van der Waals surface area contributed by atoms with Gasteiger partial charge in [-0.1, -0.05) is 6.07 Å². The fraction of sp³-hybridized carbons (Fsp3) is 0.625. The monoisotopic (exact) mass is 248 g/mol.